The van der Waals surface area contributed by atoms with Crippen molar-refractivity contribution in [3.8, 4) is 0 Å². The van der Waals surface area contributed by atoms with Gasteiger partial charge < -0.3 is 9.47 Å². The normalized spacial score (nSPS) is 9.70. The van der Waals surface area contributed by atoms with E-state index in [-0.39, 0.29) is 0 Å². The first-order chi connectivity index (χ1) is 4.91. The molecule has 0 rings (SSSR count). The number of ether oxygens (including phenoxy) is 2. The van der Waals surface area contributed by atoms with Gasteiger partial charge in [0.25, 0.3) is 0 Å². The number of hydrogen-bond donors (Lipinski definition) is 0. The molecule has 0 aromatic heterocycles. The summed E-state index contributed by atoms with van der Waals surface area (Å²) in [6, 6.07) is 0. The van der Waals surface area contributed by atoms with Crippen molar-refractivity contribution in [2.24, 2.45) is 0 Å². The summed E-state index contributed by atoms with van der Waals surface area (Å²) < 4.78 is 10.1. The Bertz CT molecular complexity index is 76.0. The lowest BCUT2D eigenvalue weighted by Gasteiger charge is -2.00. The van der Waals surface area contributed by atoms with Crippen LogP contribution in [0.25, 0.3) is 0 Å². The van der Waals surface area contributed by atoms with Crippen molar-refractivity contribution in [3.63, 3.8) is 0 Å². The van der Waals surface area contributed by atoms with Crippen molar-refractivity contribution >= 4 is 11.6 Å². The number of alkyl halides is 1. The van der Waals surface area contributed by atoms with Gasteiger partial charge in [0.1, 0.15) is 0 Å². The zero-order chi connectivity index (χ0) is 7.66. The summed E-state index contributed by atoms with van der Waals surface area (Å²) in [5.41, 5.74) is 0. The van der Waals surface area contributed by atoms with E-state index < -0.39 is 0 Å². The van der Waals surface area contributed by atoms with E-state index in [2.05, 4.69) is 6.58 Å². The molecule has 0 N–H and O–H groups in total. The maximum Gasteiger partial charge on any atom is 0.0704 e. The Labute approximate surface area is 66.8 Å². The molecule has 0 saturated heterocycles. The van der Waals surface area contributed by atoms with Gasteiger partial charge in [-0.2, -0.15) is 0 Å². The van der Waals surface area contributed by atoms with Crippen LogP contribution in [0.2, 0.25) is 0 Å². The van der Waals surface area contributed by atoms with Crippen molar-refractivity contribution in [2.45, 2.75) is 0 Å². The Hall–Kier alpha value is -0.0500. The molecule has 0 aliphatic carbocycles. The summed E-state index contributed by atoms with van der Waals surface area (Å²) >= 11 is 5.36. The molecule has 0 spiro atoms. The van der Waals surface area contributed by atoms with E-state index in [0.717, 1.165) is 0 Å². The fourth-order valence-electron chi connectivity index (χ4n) is 0.441. The summed E-state index contributed by atoms with van der Waals surface area (Å²) in [5.74, 6) is 0.543. The number of rotatable bonds is 7. The second-order valence-electron chi connectivity index (χ2n) is 1.66. The van der Waals surface area contributed by atoms with Gasteiger partial charge in [-0.25, -0.2) is 0 Å². The Balaban J connectivity index is 2.70. The van der Waals surface area contributed by atoms with Gasteiger partial charge in [0, 0.05) is 5.88 Å². The van der Waals surface area contributed by atoms with Crippen molar-refractivity contribution in [3.05, 3.63) is 12.7 Å². The molecule has 0 unspecified atom stereocenters. The third-order valence-electron chi connectivity index (χ3n) is 0.829. The van der Waals surface area contributed by atoms with E-state index in [1.165, 1.54) is 0 Å². The average Bonchev–Trinajstić information content (AvgIpc) is 1.97. The Morgan fingerprint density at radius 2 is 1.90 bits per heavy atom. The highest BCUT2D eigenvalue weighted by Crippen LogP contribution is 1.80. The molecule has 0 bridgehead atoms. The third-order valence-corrected chi connectivity index (χ3v) is 0.984. The monoisotopic (exact) mass is 164 g/mol. The van der Waals surface area contributed by atoms with E-state index >= 15 is 0 Å². The molecule has 60 valence electrons. The summed E-state index contributed by atoms with van der Waals surface area (Å²) in [6.45, 7) is 5.92. The Kier molecular flexibility index (Phi) is 8.91. The molecular weight excluding hydrogens is 152 g/mol. The molecule has 0 aromatic rings. The van der Waals surface area contributed by atoms with E-state index in [1.54, 1.807) is 6.08 Å². The topological polar surface area (TPSA) is 18.5 Å². The van der Waals surface area contributed by atoms with Crippen LogP contribution in [0.3, 0.4) is 0 Å². The van der Waals surface area contributed by atoms with E-state index in [9.17, 15) is 0 Å². The second kappa shape index (κ2) is 8.95. The molecule has 0 aliphatic rings. The lowest BCUT2D eigenvalue weighted by atomic mass is 10.7. The summed E-state index contributed by atoms with van der Waals surface area (Å²) in [4.78, 5) is 0. The number of hydrogen-bond acceptors (Lipinski definition) is 2. The maximum absolute atomic E-state index is 5.36. The largest absolute Gasteiger partial charge is 0.378 e. The van der Waals surface area contributed by atoms with Crippen molar-refractivity contribution in [1.29, 1.82) is 0 Å². The molecule has 0 heterocycles. The maximum atomic E-state index is 5.36. The van der Waals surface area contributed by atoms with Gasteiger partial charge in [0.05, 0.1) is 26.4 Å². The highest BCUT2D eigenvalue weighted by molar-refractivity contribution is 6.17. The molecular formula is C7H13ClO2. The van der Waals surface area contributed by atoms with Gasteiger partial charge in [-0.05, 0) is 0 Å². The van der Waals surface area contributed by atoms with Crippen LogP contribution in [-0.4, -0.2) is 32.3 Å². The molecule has 0 aromatic carbocycles. The van der Waals surface area contributed by atoms with Crippen LogP contribution in [0.1, 0.15) is 0 Å². The highest BCUT2D eigenvalue weighted by Gasteiger charge is 1.85. The minimum Gasteiger partial charge on any atom is -0.378 e. The van der Waals surface area contributed by atoms with Crippen molar-refractivity contribution in [2.75, 3.05) is 32.3 Å². The van der Waals surface area contributed by atoms with Crippen LogP contribution in [0, 0.1) is 0 Å². The fraction of sp³-hybridized carbons (Fsp3) is 0.714. The smallest absolute Gasteiger partial charge is 0.0704 e. The predicted octanol–water partition coefficient (Wildman–Crippen LogP) is 1.44. The minimum atomic E-state index is 0.543. The quantitative estimate of drug-likeness (QED) is 0.322. The molecule has 2 nitrogen and oxygen atoms in total. The molecule has 0 aliphatic heterocycles. The van der Waals surface area contributed by atoms with Crippen LogP contribution in [0.15, 0.2) is 12.7 Å². The van der Waals surface area contributed by atoms with Crippen LogP contribution < -0.4 is 0 Å². The van der Waals surface area contributed by atoms with E-state index in [4.69, 9.17) is 21.1 Å². The van der Waals surface area contributed by atoms with Crippen LogP contribution in [0.5, 0.6) is 0 Å². The Morgan fingerprint density at radius 3 is 2.50 bits per heavy atom. The summed E-state index contributed by atoms with van der Waals surface area (Å²) in [6.07, 6.45) is 1.71. The van der Waals surface area contributed by atoms with Crippen molar-refractivity contribution in [1.82, 2.24) is 0 Å². The first-order valence-electron chi connectivity index (χ1n) is 3.24. The van der Waals surface area contributed by atoms with Crippen LogP contribution >= 0.6 is 11.6 Å². The number of halogens is 1. The second-order valence-corrected chi connectivity index (χ2v) is 2.04. The van der Waals surface area contributed by atoms with Gasteiger partial charge in [-0.1, -0.05) is 6.08 Å². The molecule has 0 amide bonds. The van der Waals surface area contributed by atoms with Gasteiger partial charge >= 0.3 is 0 Å². The predicted molar refractivity (Wildman–Crippen MR) is 42.6 cm³/mol. The molecule has 10 heavy (non-hydrogen) atoms. The van der Waals surface area contributed by atoms with E-state index in [1.807, 2.05) is 0 Å². The van der Waals surface area contributed by atoms with Gasteiger partial charge in [0.2, 0.25) is 0 Å². The van der Waals surface area contributed by atoms with Gasteiger partial charge in [-0.3, -0.25) is 0 Å². The SMILES string of the molecule is C=CCOCCOCCCl. The lowest BCUT2D eigenvalue weighted by Crippen LogP contribution is -2.05. The van der Waals surface area contributed by atoms with Crippen LogP contribution in [0.4, 0.5) is 0 Å². The zero-order valence-corrected chi connectivity index (χ0v) is 6.77. The molecule has 0 saturated carbocycles. The third kappa shape index (κ3) is 7.95. The first kappa shape index (κ1) is 9.95. The van der Waals surface area contributed by atoms with Crippen molar-refractivity contribution < 1.29 is 9.47 Å². The van der Waals surface area contributed by atoms with Gasteiger partial charge in [0.15, 0.2) is 0 Å². The standard InChI is InChI=1S/C7H13ClO2/c1-2-4-9-6-7-10-5-3-8/h2H,1,3-7H2. The first-order valence-corrected chi connectivity index (χ1v) is 3.77. The fourth-order valence-corrected chi connectivity index (χ4v) is 0.550. The summed E-state index contributed by atoms with van der Waals surface area (Å²) in [5, 5.41) is 0. The average molecular weight is 165 g/mol. The molecule has 3 heteroatoms. The van der Waals surface area contributed by atoms with Gasteiger partial charge in [-0.15, -0.1) is 18.2 Å². The molecule has 0 fully saturated rings. The van der Waals surface area contributed by atoms with E-state index in [0.29, 0.717) is 32.3 Å². The lowest BCUT2D eigenvalue weighted by molar-refractivity contribution is 0.0653. The minimum absolute atomic E-state index is 0.543. The molecule has 0 radical (unpaired) electrons. The Morgan fingerprint density at radius 1 is 1.20 bits per heavy atom. The molecule has 0 atom stereocenters. The van der Waals surface area contributed by atoms with Crippen LogP contribution in [-0.2, 0) is 9.47 Å². The highest BCUT2D eigenvalue weighted by atomic mass is 35.5. The summed E-state index contributed by atoms with van der Waals surface area (Å²) in [7, 11) is 0. The zero-order valence-electron chi connectivity index (χ0n) is 6.01.